The summed E-state index contributed by atoms with van der Waals surface area (Å²) >= 11 is 1.46. The van der Waals surface area contributed by atoms with Gasteiger partial charge in [0.15, 0.2) is 5.82 Å². The first-order valence-electron chi connectivity index (χ1n) is 11.4. The molecule has 3 heterocycles. The van der Waals surface area contributed by atoms with Crippen LogP contribution >= 0.6 is 11.3 Å². The number of rotatable bonds is 8. The van der Waals surface area contributed by atoms with E-state index >= 15 is 0 Å². The molecular formula is C24H32N8OS. The van der Waals surface area contributed by atoms with Crippen molar-refractivity contribution in [2.75, 3.05) is 23.8 Å². The maximum Gasteiger partial charge on any atom is 0.239 e. The molecule has 3 aromatic heterocycles. The minimum atomic E-state index is -0.172. The second kappa shape index (κ2) is 9.46. The highest BCUT2D eigenvalue weighted by atomic mass is 32.1. The molecule has 0 unspecified atom stereocenters. The van der Waals surface area contributed by atoms with Crippen LogP contribution in [0.1, 0.15) is 44.5 Å². The van der Waals surface area contributed by atoms with E-state index in [0.29, 0.717) is 6.54 Å². The Kier molecular flexibility index (Phi) is 6.60. The number of aryl methyl sites for hydroxylation is 2. The second-order valence-electron chi connectivity index (χ2n) is 9.47. The fraction of sp³-hybridized carbons (Fsp3) is 0.417. The van der Waals surface area contributed by atoms with Gasteiger partial charge >= 0.3 is 0 Å². The smallest absolute Gasteiger partial charge is 0.239 e. The summed E-state index contributed by atoms with van der Waals surface area (Å²) in [5, 5.41) is 18.9. The third kappa shape index (κ3) is 5.22. The summed E-state index contributed by atoms with van der Waals surface area (Å²) in [5.41, 5.74) is 4.96. The van der Waals surface area contributed by atoms with Gasteiger partial charge in [-0.15, -0.1) is 5.10 Å². The van der Waals surface area contributed by atoms with Gasteiger partial charge in [0.25, 0.3) is 0 Å². The number of imidazole rings is 1. The lowest BCUT2D eigenvalue weighted by Crippen LogP contribution is -2.34. The molecule has 180 valence electrons. The summed E-state index contributed by atoms with van der Waals surface area (Å²) < 4.78 is 1.84. The number of carbonyl (C=O) groups is 1. The predicted octanol–water partition coefficient (Wildman–Crippen LogP) is 4.01. The lowest BCUT2D eigenvalue weighted by molar-refractivity contribution is -0.119. The van der Waals surface area contributed by atoms with Crippen LogP contribution in [0.2, 0.25) is 0 Å². The molecule has 1 aromatic carbocycles. The van der Waals surface area contributed by atoms with Crippen molar-refractivity contribution in [2.45, 2.75) is 53.1 Å². The Bertz CT molecular complexity index is 1280. The molecule has 3 N–H and O–H groups in total. The molecule has 0 radical (unpaired) electrons. The third-order valence-electron chi connectivity index (χ3n) is 5.44. The van der Waals surface area contributed by atoms with Gasteiger partial charge in [0.2, 0.25) is 16.0 Å². The zero-order chi connectivity index (χ0) is 24.5. The number of H-pyrrole nitrogens is 1. The summed E-state index contributed by atoms with van der Waals surface area (Å²) in [7, 11) is 1.86. The van der Waals surface area contributed by atoms with Crippen LogP contribution in [0, 0.1) is 6.92 Å². The molecule has 0 bridgehead atoms. The van der Waals surface area contributed by atoms with Crippen LogP contribution in [0.4, 0.5) is 10.9 Å². The highest BCUT2D eigenvalue weighted by Gasteiger charge is 2.23. The number of hydrogen-bond donors (Lipinski definition) is 3. The maximum absolute atomic E-state index is 12.5. The summed E-state index contributed by atoms with van der Waals surface area (Å²) in [4.78, 5) is 20.0. The van der Waals surface area contributed by atoms with Crippen LogP contribution in [0.15, 0.2) is 30.5 Å². The third-order valence-corrected chi connectivity index (χ3v) is 6.46. The van der Waals surface area contributed by atoms with E-state index in [-0.39, 0.29) is 18.0 Å². The largest absolute Gasteiger partial charge is 0.364 e. The molecule has 0 saturated carbocycles. The molecule has 0 saturated heterocycles. The number of aromatic nitrogens is 5. The minimum Gasteiger partial charge on any atom is -0.364 e. The van der Waals surface area contributed by atoms with Crippen molar-refractivity contribution in [1.82, 2.24) is 30.1 Å². The Hall–Kier alpha value is -3.40. The van der Waals surface area contributed by atoms with Crippen molar-refractivity contribution in [3.63, 3.8) is 0 Å². The first-order valence-corrected chi connectivity index (χ1v) is 12.2. The molecule has 0 atom stereocenters. The minimum absolute atomic E-state index is 0.0827. The Morgan fingerprint density at radius 2 is 1.97 bits per heavy atom. The molecule has 0 spiro atoms. The normalized spacial score (nSPS) is 11.7. The highest BCUT2D eigenvalue weighted by Crippen LogP contribution is 2.34. The van der Waals surface area contributed by atoms with Gasteiger partial charge in [-0.1, -0.05) is 42.5 Å². The summed E-state index contributed by atoms with van der Waals surface area (Å²) in [6, 6.07) is 8.50. The van der Waals surface area contributed by atoms with Gasteiger partial charge in [0, 0.05) is 36.0 Å². The molecular weight excluding hydrogens is 448 g/mol. The van der Waals surface area contributed by atoms with Crippen molar-refractivity contribution in [3.8, 4) is 11.3 Å². The van der Waals surface area contributed by atoms with E-state index in [1.165, 1.54) is 16.9 Å². The topological polar surface area (TPSA) is 103 Å². The molecule has 4 rings (SSSR count). The van der Waals surface area contributed by atoms with Crippen LogP contribution in [0.25, 0.3) is 16.2 Å². The van der Waals surface area contributed by atoms with Crippen molar-refractivity contribution in [3.05, 3.63) is 47.3 Å². The highest BCUT2D eigenvalue weighted by molar-refractivity contribution is 7.20. The lowest BCUT2D eigenvalue weighted by atomic mass is 10.1. The van der Waals surface area contributed by atoms with Gasteiger partial charge in [-0.3, -0.25) is 9.89 Å². The molecule has 1 amide bonds. The van der Waals surface area contributed by atoms with Gasteiger partial charge < -0.3 is 15.5 Å². The van der Waals surface area contributed by atoms with E-state index in [1.807, 2.05) is 23.4 Å². The number of nitrogens with zero attached hydrogens (tertiary/aromatic N) is 5. The molecule has 0 fully saturated rings. The van der Waals surface area contributed by atoms with E-state index in [1.54, 1.807) is 6.20 Å². The Morgan fingerprint density at radius 3 is 2.59 bits per heavy atom. The van der Waals surface area contributed by atoms with Crippen LogP contribution in [0.5, 0.6) is 0 Å². The van der Waals surface area contributed by atoms with Crippen molar-refractivity contribution in [1.29, 1.82) is 0 Å². The van der Waals surface area contributed by atoms with Crippen LogP contribution in [-0.4, -0.2) is 49.8 Å². The van der Waals surface area contributed by atoms with Gasteiger partial charge in [-0.2, -0.15) is 9.61 Å². The summed E-state index contributed by atoms with van der Waals surface area (Å²) in [6.07, 6.45) is 2.73. The van der Waals surface area contributed by atoms with Crippen molar-refractivity contribution in [2.24, 2.45) is 0 Å². The number of anilines is 2. The van der Waals surface area contributed by atoms with Gasteiger partial charge in [0.05, 0.1) is 12.7 Å². The lowest BCUT2D eigenvalue weighted by Gasteiger charge is -2.22. The Balaban J connectivity index is 1.56. The monoisotopic (exact) mass is 480 g/mol. The fourth-order valence-corrected chi connectivity index (χ4v) is 4.41. The molecule has 9 nitrogen and oxygen atoms in total. The van der Waals surface area contributed by atoms with Crippen molar-refractivity contribution < 1.29 is 4.79 Å². The Labute approximate surface area is 203 Å². The fourth-order valence-electron chi connectivity index (χ4n) is 3.55. The molecule has 0 aliphatic heterocycles. The SMILES string of the molecule is CCc1ccc(-c2nc3sc(N(C)CC(=O)NCc4cn[nH]c4C)nn3c2NC(C)(C)C)cc1. The van der Waals surface area contributed by atoms with E-state index in [9.17, 15) is 4.79 Å². The number of carbonyl (C=O) groups excluding carboxylic acids is 1. The first kappa shape index (κ1) is 23.7. The zero-order valence-electron chi connectivity index (χ0n) is 20.6. The average Bonchev–Trinajstić information content (AvgIpc) is 3.47. The number of likely N-dealkylation sites (N-methyl/N-ethyl adjacent to an activating group) is 1. The summed E-state index contributed by atoms with van der Waals surface area (Å²) in [6.45, 7) is 11.1. The molecule has 0 aliphatic carbocycles. The van der Waals surface area contributed by atoms with Crippen LogP contribution in [-0.2, 0) is 17.8 Å². The molecule has 34 heavy (non-hydrogen) atoms. The first-order chi connectivity index (χ1) is 16.1. The maximum atomic E-state index is 12.5. The average molecular weight is 481 g/mol. The van der Waals surface area contributed by atoms with E-state index in [4.69, 9.17) is 10.1 Å². The number of aromatic amines is 1. The number of amides is 1. The number of benzene rings is 1. The van der Waals surface area contributed by atoms with E-state index < -0.39 is 0 Å². The van der Waals surface area contributed by atoms with Gasteiger partial charge in [-0.25, -0.2) is 4.98 Å². The quantitative estimate of drug-likeness (QED) is 0.352. The standard InChI is InChI=1S/C24H32N8OS/c1-7-16-8-10-17(11-9-16)20-21(28-24(3,4)5)32-22(27-20)34-23(30-32)31(6)14-19(33)25-12-18-13-26-29-15(18)2/h8-11,13,28H,7,12,14H2,1-6H3,(H,25,33)(H,26,29). The zero-order valence-corrected chi connectivity index (χ0v) is 21.4. The Morgan fingerprint density at radius 1 is 1.24 bits per heavy atom. The van der Waals surface area contributed by atoms with E-state index in [0.717, 1.165) is 44.8 Å². The molecule has 4 aromatic rings. The van der Waals surface area contributed by atoms with Gasteiger partial charge in [-0.05, 0) is 39.7 Å². The van der Waals surface area contributed by atoms with E-state index in [2.05, 4.69) is 72.8 Å². The second-order valence-corrected chi connectivity index (χ2v) is 10.4. The number of fused-ring (bicyclic) bond motifs is 1. The molecule has 10 heteroatoms. The van der Waals surface area contributed by atoms with Crippen molar-refractivity contribution >= 4 is 33.2 Å². The van der Waals surface area contributed by atoms with Crippen LogP contribution in [0.3, 0.4) is 0 Å². The number of hydrogen-bond acceptors (Lipinski definition) is 7. The predicted molar refractivity (Wildman–Crippen MR) is 137 cm³/mol. The summed E-state index contributed by atoms with van der Waals surface area (Å²) in [5.74, 6) is 0.767. The number of nitrogens with one attached hydrogen (secondary N) is 3. The molecule has 0 aliphatic rings. The van der Waals surface area contributed by atoms with Gasteiger partial charge in [0.1, 0.15) is 5.69 Å². The van der Waals surface area contributed by atoms with Crippen LogP contribution < -0.4 is 15.5 Å².